The summed E-state index contributed by atoms with van der Waals surface area (Å²) in [7, 11) is 0. The molecule has 0 fully saturated rings. The molecule has 1 rings (SSSR count). The van der Waals surface area contributed by atoms with Gasteiger partial charge in [0.05, 0.1) is 6.61 Å². The van der Waals surface area contributed by atoms with Gasteiger partial charge in [-0.15, -0.1) is 0 Å². The van der Waals surface area contributed by atoms with Gasteiger partial charge in [0.1, 0.15) is 5.75 Å². The molecular weight excluding hydrogens is 190 g/mol. The number of nitrogens with two attached hydrogens (primary N) is 1. The molecule has 0 aliphatic rings. The van der Waals surface area contributed by atoms with Gasteiger partial charge in [0.2, 0.25) is 0 Å². The summed E-state index contributed by atoms with van der Waals surface area (Å²) in [5.74, 6) is 0.861. The topological polar surface area (TPSA) is 44.5 Å². The molecule has 1 aromatic rings. The zero-order valence-electron chi connectivity index (χ0n) is 9.24. The van der Waals surface area contributed by atoms with Crippen molar-refractivity contribution in [2.75, 3.05) is 25.6 Å². The summed E-state index contributed by atoms with van der Waals surface area (Å²) < 4.78 is 10.8. The maximum atomic E-state index is 5.56. The smallest absolute Gasteiger partial charge is 0.119 e. The van der Waals surface area contributed by atoms with Crippen LogP contribution in [0.15, 0.2) is 24.3 Å². The van der Waals surface area contributed by atoms with Gasteiger partial charge in [-0.05, 0) is 30.7 Å². The van der Waals surface area contributed by atoms with Gasteiger partial charge in [0.15, 0.2) is 0 Å². The maximum Gasteiger partial charge on any atom is 0.119 e. The lowest BCUT2D eigenvalue weighted by molar-refractivity contribution is 0.120. The van der Waals surface area contributed by atoms with Crippen LogP contribution in [0.5, 0.6) is 5.75 Å². The van der Waals surface area contributed by atoms with Crippen LogP contribution in [0.4, 0.5) is 5.69 Å². The van der Waals surface area contributed by atoms with Crippen LogP contribution in [0.25, 0.3) is 0 Å². The third kappa shape index (κ3) is 5.27. The molecule has 0 radical (unpaired) electrons. The van der Waals surface area contributed by atoms with Crippen LogP contribution in [-0.4, -0.2) is 19.8 Å². The maximum absolute atomic E-state index is 5.56. The standard InChI is InChI=1S/C12H19NO2/c1-2-8-14-9-3-10-15-12-6-4-11(13)5-7-12/h4-7H,2-3,8-10,13H2,1H3. The number of ether oxygens (including phenoxy) is 2. The Morgan fingerprint density at radius 2 is 1.80 bits per heavy atom. The molecule has 0 atom stereocenters. The highest BCUT2D eigenvalue weighted by Gasteiger charge is 1.93. The van der Waals surface area contributed by atoms with Gasteiger partial charge in [0.25, 0.3) is 0 Å². The Kier molecular flexibility index (Phi) is 5.63. The largest absolute Gasteiger partial charge is 0.494 e. The van der Waals surface area contributed by atoms with Crippen LogP contribution in [0, 0.1) is 0 Å². The molecule has 2 N–H and O–H groups in total. The zero-order chi connectivity index (χ0) is 10.9. The molecule has 0 saturated carbocycles. The van der Waals surface area contributed by atoms with Crippen molar-refractivity contribution in [1.82, 2.24) is 0 Å². The van der Waals surface area contributed by atoms with E-state index in [2.05, 4.69) is 6.92 Å². The summed E-state index contributed by atoms with van der Waals surface area (Å²) in [6.07, 6.45) is 1.99. The molecule has 0 saturated heterocycles. The highest BCUT2D eigenvalue weighted by molar-refractivity contribution is 5.41. The first-order chi connectivity index (χ1) is 7.33. The van der Waals surface area contributed by atoms with Crippen molar-refractivity contribution < 1.29 is 9.47 Å². The van der Waals surface area contributed by atoms with E-state index in [4.69, 9.17) is 15.2 Å². The molecule has 0 amide bonds. The van der Waals surface area contributed by atoms with Gasteiger partial charge in [-0.2, -0.15) is 0 Å². The van der Waals surface area contributed by atoms with Crippen LogP contribution in [0.2, 0.25) is 0 Å². The second-order valence-corrected chi connectivity index (χ2v) is 3.38. The number of rotatable bonds is 7. The molecule has 0 aliphatic carbocycles. The van der Waals surface area contributed by atoms with Gasteiger partial charge in [-0.1, -0.05) is 6.92 Å². The first-order valence-electron chi connectivity index (χ1n) is 5.39. The van der Waals surface area contributed by atoms with Crippen LogP contribution < -0.4 is 10.5 Å². The fraction of sp³-hybridized carbons (Fsp3) is 0.500. The summed E-state index contributed by atoms with van der Waals surface area (Å²) in [5, 5.41) is 0. The van der Waals surface area contributed by atoms with Crippen molar-refractivity contribution in [2.24, 2.45) is 0 Å². The third-order valence-electron chi connectivity index (χ3n) is 1.93. The van der Waals surface area contributed by atoms with Gasteiger partial charge in [-0.25, -0.2) is 0 Å². The van der Waals surface area contributed by atoms with E-state index in [9.17, 15) is 0 Å². The lowest BCUT2D eigenvalue weighted by Gasteiger charge is -2.06. The average molecular weight is 209 g/mol. The summed E-state index contributed by atoms with van der Waals surface area (Å²) in [5.41, 5.74) is 6.32. The van der Waals surface area contributed by atoms with Gasteiger partial charge >= 0.3 is 0 Å². The van der Waals surface area contributed by atoms with E-state index in [1.54, 1.807) is 0 Å². The molecule has 3 heteroatoms. The van der Waals surface area contributed by atoms with Crippen LogP contribution >= 0.6 is 0 Å². The average Bonchev–Trinajstić information content (AvgIpc) is 2.26. The number of nitrogen functional groups attached to an aromatic ring is 1. The van der Waals surface area contributed by atoms with E-state index in [1.165, 1.54) is 0 Å². The number of benzene rings is 1. The van der Waals surface area contributed by atoms with Gasteiger partial charge < -0.3 is 15.2 Å². The Bertz CT molecular complexity index is 259. The SMILES string of the molecule is CCCOCCCOc1ccc(N)cc1. The summed E-state index contributed by atoms with van der Waals surface area (Å²) in [6.45, 7) is 4.39. The number of hydrogen-bond donors (Lipinski definition) is 1. The summed E-state index contributed by atoms with van der Waals surface area (Å²) in [4.78, 5) is 0. The van der Waals surface area contributed by atoms with Crippen LogP contribution in [0.1, 0.15) is 19.8 Å². The van der Waals surface area contributed by atoms with E-state index in [1.807, 2.05) is 24.3 Å². The first-order valence-corrected chi connectivity index (χ1v) is 5.39. The van der Waals surface area contributed by atoms with Crippen molar-refractivity contribution in [3.8, 4) is 5.75 Å². The van der Waals surface area contributed by atoms with Crippen molar-refractivity contribution in [2.45, 2.75) is 19.8 Å². The van der Waals surface area contributed by atoms with Crippen LogP contribution in [-0.2, 0) is 4.74 Å². The summed E-state index contributed by atoms with van der Waals surface area (Å²) in [6, 6.07) is 7.43. The molecule has 0 aliphatic heterocycles. The zero-order valence-corrected chi connectivity index (χ0v) is 9.24. The van der Waals surface area contributed by atoms with E-state index in [0.717, 1.165) is 37.5 Å². The molecule has 0 bridgehead atoms. The Balaban J connectivity index is 2.07. The van der Waals surface area contributed by atoms with E-state index >= 15 is 0 Å². The predicted octanol–water partition coefficient (Wildman–Crippen LogP) is 2.46. The quantitative estimate of drug-likeness (QED) is 0.554. The fourth-order valence-electron chi connectivity index (χ4n) is 1.16. The Hall–Kier alpha value is -1.22. The van der Waals surface area contributed by atoms with Crippen molar-refractivity contribution in [1.29, 1.82) is 0 Å². The molecule has 84 valence electrons. The minimum absolute atomic E-state index is 0.688. The Labute approximate surface area is 91.2 Å². The normalized spacial score (nSPS) is 10.2. The molecule has 0 heterocycles. The monoisotopic (exact) mass is 209 g/mol. The van der Waals surface area contributed by atoms with Crippen LogP contribution in [0.3, 0.4) is 0 Å². The van der Waals surface area contributed by atoms with Gasteiger partial charge in [0, 0.05) is 25.3 Å². The highest BCUT2D eigenvalue weighted by Crippen LogP contribution is 2.12. The summed E-state index contributed by atoms with van der Waals surface area (Å²) >= 11 is 0. The molecule has 15 heavy (non-hydrogen) atoms. The number of anilines is 1. The minimum Gasteiger partial charge on any atom is -0.494 e. The first kappa shape index (κ1) is 11.9. The lowest BCUT2D eigenvalue weighted by atomic mass is 10.3. The molecular formula is C12H19NO2. The molecule has 0 aromatic heterocycles. The number of hydrogen-bond acceptors (Lipinski definition) is 3. The fourth-order valence-corrected chi connectivity index (χ4v) is 1.16. The molecule has 1 aromatic carbocycles. The third-order valence-corrected chi connectivity index (χ3v) is 1.93. The Morgan fingerprint density at radius 3 is 2.47 bits per heavy atom. The Morgan fingerprint density at radius 1 is 1.07 bits per heavy atom. The lowest BCUT2D eigenvalue weighted by Crippen LogP contribution is -2.03. The van der Waals surface area contributed by atoms with Crippen molar-refractivity contribution >= 4 is 5.69 Å². The second-order valence-electron chi connectivity index (χ2n) is 3.38. The van der Waals surface area contributed by atoms with E-state index in [0.29, 0.717) is 6.61 Å². The highest BCUT2D eigenvalue weighted by atomic mass is 16.5. The molecule has 0 unspecified atom stereocenters. The van der Waals surface area contributed by atoms with E-state index in [-0.39, 0.29) is 0 Å². The van der Waals surface area contributed by atoms with Crippen molar-refractivity contribution in [3.05, 3.63) is 24.3 Å². The minimum atomic E-state index is 0.688. The van der Waals surface area contributed by atoms with Crippen molar-refractivity contribution in [3.63, 3.8) is 0 Å². The predicted molar refractivity (Wildman–Crippen MR) is 62.1 cm³/mol. The van der Waals surface area contributed by atoms with Gasteiger partial charge in [-0.3, -0.25) is 0 Å². The second kappa shape index (κ2) is 7.12. The molecule has 0 spiro atoms. The van der Waals surface area contributed by atoms with E-state index < -0.39 is 0 Å². The molecule has 3 nitrogen and oxygen atoms in total.